The van der Waals surface area contributed by atoms with E-state index in [-0.39, 0.29) is 11.3 Å². The van der Waals surface area contributed by atoms with Gasteiger partial charge in [0, 0.05) is 12.0 Å². The van der Waals surface area contributed by atoms with Gasteiger partial charge in [-0.2, -0.15) is 0 Å². The van der Waals surface area contributed by atoms with Gasteiger partial charge in [0.15, 0.2) is 6.29 Å². The molecule has 1 fully saturated rings. The van der Waals surface area contributed by atoms with E-state index in [0.717, 1.165) is 19.4 Å². The van der Waals surface area contributed by atoms with Gasteiger partial charge in [0.2, 0.25) is 6.29 Å². The van der Waals surface area contributed by atoms with Crippen molar-refractivity contribution in [3.8, 4) is 5.75 Å². The minimum atomic E-state index is -1.72. The molecular weight excluding hydrogens is 520 g/mol. The third kappa shape index (κ3) is 5.99. The second-order valence-corrected chi connectivity index (χ2v) is 9.18. The van der Waals surface area contributed by atoms with Gasteiger partial charge in [-0.15, -0.1) is 0 Å². The fourth-order valence-electron chi connectivity index (χ4n) is 4.80. The molecule has 6 N–H and O–H groups in total. The average molecular weight is 551 g/mol. The van der Waals surface area contributed by atoms with Gasteiger partial charge < -0.3 is 54.3 Å². The second-order valence-electron chi connectivity index (χ2n) is 9.18. The van der Waals surface area contributed by atoms with Gasteiger partial charge in [-0.1, -0.05) is 12.1 Å². The number of carbonyl (C=O) groups is 2. The number of phenols is 1. The molecule has 1 aliphatic carbocycles. The van der Waals surface area contributed by atoms with E-state index in [1.807, 2.05) is 0 Å². The third-order valence-electron chi connectivity index (χ3n) is 6.81. The van der Waals surface area contributed by atoms with Gasteiger partial charge in [0.05, 0.1) is 38.1 Å². The van der Waals surface area contributed by atoms with E-state index < -0.39 is 80.1 Å². The molecule has 0 spiro atoms. The van der Waals surface area contributed by atoms with Crippen molar-refractivity contribution < 1.29 is 63.9 Å². The Morgan fingerprint density at radius 2 is 1.72 bits per heavy atom. The number of hydrogen-bond donors (Lipinski definition) is 6. The Bertz CT molecular complexity index is 1130. The van der Waals surface area contributed by atoms with Crippen molar-refractivity contribution in [1.82, 2.24) is 0 Å². The lowest BCUT2D eigenvalue weighted by molar-refractivity contribution is -0.340. The highest BCUT2D eigenvalue weighted by molar-refractivity contribution is 5.90. The molecule has 3 aliphatic rings. The summed E-state index contributed by atoms with van der Waals surface area (Å²) < 4.78 is 27.2. The number of rotatable bonds is 8. The molecule has 0 bridgehead atoms. The van der Waals surface area contributed by atoms with E-state index in [9.17, 15) is 40.2 Å². The standard InChI is InChI=1S/C26H30O13/c1-35-24(34)15-11-36-25(39-26-23(33)22(32)21(31)17(10-28)38-26)19-13(9-27)8-16(20(15)19)37-18(30)7-4-12-2-5-14(29)6-3-12/h2-8,11,16-17,19-23,25-29,31-33H,9-10H2,1H3/t16-,17-,19+,20+,21-,22+,23-,25+,26-/m1/s1. The fraction of sp³-hybridized carbons (Fsp3) is 0.462. The number of carbonyl (C=O) groups excluding carboxylic acids is 2. The Balaban J connectivity index is 1.56. The predicted molar refractivity (Wildman–Crippen MR) is 129 cm³/mol. The first-order valence-electron chi connectivity index (χ1n) is 12.1. The van der Waals surface area contributed by atoms with E-state index in [2.05, 4.69) is 0 Å². The van der Waals surface area contributed by atoms with Crippen molar-refractivity contribution in [1.29, 1.82) is 0 Å². The summed E-state index contributed by atoms with van der Waals surface area (Å²) >= 11 is 0. The first kappa shape index (κ1) is 28.7. The molecule has 0 saturated carbocycles. The maximum Gasteiger partial charge on any atom is 0.337 e. The number of phenolic OH excluding ortho intramolecular Hbond substituents is 1. The van der Waals surface area contributed by atoms with Crippen molar-refractivity contribution in [2.24, 2.45) is 11.8 Å². The number of benzene rings is 1. The molecule has 1 aromatic carbocycles. The SMILES string of the molecule is COC(=O)C1=CO[C@@H](O[C@H]2O[C@H](CO)[C@@H](O)[C@H](O)[C@H]2O)[C@H]2C(CO)=C[C@@H](OC(=O)C=Cc3ccc(O)cc3)[C@H]12. The molecule has 0 radical (unpaired) electrons. The van der Waals surface area contributed by atoms with E-state index in [4.69, 9.17) is 23.7 Å². The maximum atomic E-state index is 12.7. The minimum Gasteiger partial charge on any atom is -0.508 e. The third-order valence-corrected chi connectivity index (χ3v) is 6.81. The molecule has 1 saturated heterocycles. The summed E-state index contributed by atoms with van der Waals surface area (Å²) in [5.41, 5.74) is 0.912. The van der Waals surface area contributed by atoms with Crippen LogP contribution in [-0.2, 0) is 33.3 Å². The van der Waals surface area contributed by atoms with Gasteiger partial charge in [0.25, 0.3) is 0 Å². The molecule has 2 heterocycles. The summed E-state index contributed by atoms with van der Waals surface area (Å²) in [5.74, 6) is -3.31. The topological polar surface area (TPSA) is 202 Å². The van der Waals surface area contributed by atoms with Crippen molar-refractivity contribution in [3.05, 3.63) is 59.4 Å². The first-order chi connectivity index (χ1) is 18.7. The summed E-state index contributed by atoms with van der Waals surface area (Å²) in [6, 6.07) is 6.08. The lowest BCUT2D eigenvalue weighted by Gasteiger charge is -2.43. The van der Waals surface area contributed by atoms with Crippen LogP contribution in [0.3, 0.4) is 0 Å². The Morgan fingerprint density at radius 1 is 1.00 bits per heavy atom. The zero-order valence-electron chi connectivity index (χ0n) is 20.8. The van der Waals surface area contributed by atoms with Crippen LogP contribution in [0, 0.1) is 11.8 Å². The number of methoxy groups -OCH3 is 1. The van der Waals surface area contributed by atoms with E-state index in [0.29, 0.717) is 11.1 Å². The van der Waals surface area contributed by atoms with Gasteiger partial charge in [-0.3, -0.25) is 0 Å². The number of aromatic hydroxyl groups is 1. The van der Waals surface area contributed by atoms with E-state index in [1.165, 1.54) is 24.3 Å². The molecule has 9 atom stereocenters. The van der Waals surface area contributed by atoms with Crippen LogP contribution in [0.15, 0.2) is 53.8 Å². The molecular formula is C26H30O13. The smallest absolute Gasteiger partial charge is 0.337 e. The lowest BCUT2D eigenvalue weighted by atomic mass is 9.82. The highest BCUT2D eigenvalue weighted by Gasteiger charge is 2.53. The quantitative estimate of drug-likeness (QED) is 0.127. The molecule has 212 valence electrons. The van der Waals surface area contributed by atoms with Gasteiger partial charge >= 0.3 is 11.9 Å². The zero-order chi connectivity index (χ0) is 28.3. The number of hydrogen-bond acceptors (Lipinski definition) is 13. The Labute approximate surface area is 222 Å². The number of ether oxygens (including phenoxy) is 5. The molecule has 0 amide bonds. The molecule has 2 aliphatic heterocycles. The number of aliphatic hydroxyl groups excluding tert-OH is 5. The Kier molecular flexibility index (Phi) is 9.02. The first-order valence-corrected chi connectivity index (χ1v) is 12.1. The summed E-state index contributed by atoms with van der Waals surface area (Å²) in [7, 11) is 1.16. The predicted octanol–water partition coefficient (Wildman–Crippen LogP) is -1.29. The van der Waals surface area contributed by atoms with Crippen molar-refractivity contribution >= 4 is 18.0 Å². The highest BCUT2D eigenvalue weighted by atomic mass is 16.8. The lowest BCUT2D eigenvalue weighted by Crippen LogP contribution is -2.60. The normalized spacial score (nSPS) is 34.1. The monoisotopic (exact) mass is 550 g/mol. The molecule has 4 rings (SSSR count). The second kappa shape index (κ2) is 12.3. The van der Waals surface area contributed by atoms with Crippen LogP contribution in [0.2, 0.25) is 0 Å². The van der Waals surface area contributed by atoms with E-state index in [1.54, 1.807) is 12.1 Å². The molecule has 0 aromatic heterocycles. The number of fused-ring (bicyclic) bond motifs is 1. The maximum absolute atomic E-state index is 12.7. The summed E-state index contributed by atoms with van der Waals surface area (Å²) in [6.45, 7) is -1.20. The van der Waals surface area contributed by atoms with Crippen molar-refractivity contribution in [3.63, 3.8) is 0 Å². The molecule has 13 nitrogen and oxygen atoms in total. The summed E-state index contributed by atoms with van der Waals surface area (Å²) in [6.07, 6.45) is -5.04. The summed E-state index contributed by atoms with van der Waals surface area (Å²) in [4.78, 5) is 25.2. The molecule has 39 heavy (non-hydrogen) atoms. The van der Waals surface area contributed by atoms with Crippen LogP contribution in [-0.4, -0.2) is 106 Å². The average Bonchev–Trinajstić information content (AvgIpc) is 3.31. The zero-order valence-corrected chi connectivity index (χ0v) is 20.8. The van der Waals surface area contributed by atoms with Crippen molar-refractivity contribution in [2.45, 2.75) is 43.1 Å². The largest absolute Gasteiger partial charge is 0.508 e. The van der Waals surface area contributed by atoms with Gasteiger partial charge in [-0.05, 0) is 35.4 Å². The van der Waals surface area contributed by atoms with Crippen LogP contribution in [0.5, 0.6) is 5.75 Å². The molecule has 1 aromatic rings. The van der Waals surface area contributed by atoms with Crippen LogP contribution in [0.25, 0.3) is 6.08 Å². The number of esters is 2. The summed E-state index contributed by atoms with van der Waals surface area (Å²) in [5, 5.41) is 59.5. The van der Waals surface area contributed by atoms with Gasteiger partial charge in [-0.25, -0.2) is 9.59 Å². The Hall–Kier alpha value is -3.30. The molecule has 0 unspecified atom stereocenters. The van der Waals surface area contributed by atoms with Gasteiger partial charge in [0.1, 0.15) is 36.3 Å². The van der Waals surface area contributed by atoms with Crippen LogP contribution in [0.4, 0.5) is 0 Å². The minimum absolute atomic E-state index is 0.00355. The number of aliphatic hydroxyl groups is 5. The van der Waals surface area contributed by atoms with Crippen LogP contribution < -0.4 is 0 Å². The van der Waals surface area contributed by atoms with Crippen LogP contribution >= 0.6 is 0 Å². The Morgan fingerprint density at radius 3 is 2.36 bits per heavy atom. The van der Waals surface area contributed by atoms with Crippen molar-refractivity contribution in [2.75, 3.05) is 20.3 Å². The van der Waals surface area contributed by atoms with Crippen LogP contribution in [0.1, 0.15) is 5.56 Å². The molecule has 13 heteroatoms. The fourth-order valence-corrected chi connectivity index (χ4v) is 4.80. The van der Waals surface area contributed by atoms with E-state index >= 15 is 0 Å². The highest BCUT2D eigenvalue weighted by Crippen LogP contribution is 2.45.